The zero-order valence-corrected chi connectivity index (χ0v) is 11.1. The van der Waals surface area contributed by atoms with E-state index in [9.17, 15) is 13.2 Å². The lowest BCUT2D eigenvalue weighted by Crippen LogP contribution is -2.40. The minimum Gasteiger partial charge on any atom is -0.376 e. The van der Waals surface area contributed by atoms with Gasteiger partial charge in [-0.1, -0.05) is 6.07 Å². The summed E-state index contributed by atoms with van der Waals surface area (Å²) in [7, 11) is 0. The van der Waals surface area contributed by atoms with Gasteiger partial charge in [0, 0.05) is 13.2 Å². The minimum absolute atomic E-state index is 0.133. The van der Waals surface area contributed by atoms with E-state index in [0.29, 0.717) is 19.0 Å². The van der Waals surface area contributed by atoms with Crippen molar-refractivity contribution >= 4 is 5.82 Å². The first-order valence-electron chi connectivity index (χ1n) is 6.98. The number of hydrogen-bond donors (Lipinski definition) is 0. The third kappa shape index (κ3) is 2.61. The first kappa shape index (κ1) is 13.7. The SMILES string of the molecule is FC(F)(F)c1cccc(N2CCCO[C@@H]3CCC[C@H]32)n1. The second-order valence-corrected chi connectivity index (χ2v) is 5.33. The van der Waals surface area contributed by atoms with Crippen molar-refractivity contribution in [2.45, 2.75) is 44.0 Å². The number of rotatable bonds is 1. The highest BCUT2D eigenvalue weighted by molar-refractivity contribution is 5.42. The molecule has 1 saturated carbocycles. The van der Waals surface area contributed by atoms with Crippen molar-refractivity contribution in [2.24, 2.45) is 0 Å². The molecule has 110 valence electrons. The maximum atomic E-state index is 12.8. The molecule has 0 aromatic carbocycles. The van der Waals surface area contributed by atoms with Crippen molar-refractivity contribution in [1.82, 2.24) is 4.98 Å². The summed E-state index contributed by atoms with van der Waals surface area (Å²) in [6, 6.07) is 4.27. The van der Waals surface area contributed by atoms with E-state index in [1.807, 2.05) is 4.90 Å². The van der Waals surface area contributed by atoms with Crippen molar-refractivity contribution in [3.63, 3.8) is 0 Å². The molecular weight excluding hydrogens is 269 g/mol. The van der Waals surface area contributed by atoms with E-state index < -0.39 is 11.9 Å². The smallest absolute Gasteiger partial charge is 0.376 e. The second-order valence-electron chi connectivity index (χ2n) is 5.33. The summed E-state index contributed by atoms with van der Waals surface area (Å²) >= 11 is 0. The molecule has 2 fully saturated rings. The third-order valence-electron chi connectivity index (χ3n) is 4.01. The van der Waals surface area contributed by atoms with E-state index in [2.05, 4.69) is 4.98 Å². The number of nitrogens with zero attached hydrogens (tertiary/aromatic N) is 2. The number of pyridine rings is 1. The lowest BCUT2D eigenvalue weighted by molar-refractivity contribution is -0.141. The molecule has 1 aliphatic carbocycles. The number of ether oxygens (including phenoxy) is 1. The Morgan fingerprint density at radius 3 is 2.85 bits per heavy atom. The molecule has 3 nitrogen and oxygen atoms in total. The zero-order chi connectivity index (χ0) is 14.2. The van der Waals surface area contributed by atoms with Crippen LogP contribution in [-0.4, -0.2) is 30.3 Å². The van der Waals surface area contributed by atoms with Gasteiger partial charge in [0.25, 0.3) is 0 Å². The topological polar surface area (TPSA) is 25.4 Å². The number of hydrogen-bond acceptors (Lipinski definition) is 3. The van der Waals surface area contributed by atoms with Gasteiger partial charge in [-0.2, -0.15) is 13.2 Å². The van der Waals surface area contributed by atoms with Gasteiger partial charge in [0.05, 0.1) is 12.1 Å². The van der Waals surface area contributed by atoms with Crippen LogP contribution < -0.4 is 4.90 Å². The van der Waals surface area contributed by atoms with Crippen LogP contribution in [0.3, 0.4) is 0 Å². The molecular formula is C14H17F3N2O. The highest BCUT2D eigenvalue weighted by atomic mass is 19.4. The molecule has 1 aromatic rings. The number of halogens is 3. The van der Waals surface area contributed by atoms with Crippen molar-refractivity contribution < 1.29 is 17.9 Å². The van der Waals surface area contributed by atoms with Crippen LogP contribution in [0.1, 0.15) is 31.4 Å². The Balaban J connectivity index is 1.90. The summed E-state index contributed by atoms with van der Waals surface area (Å²) in [4.78, 5) is 5.82. The van der Waals surface area contributed by atoms with E-state index in [1.54, 1.807) is 6.07 Å². The first-order chi connectivity index (χ1) is 9.55. The Morgan fingerprint density at radius 1 is 1.20 bits per heavy atom. The maximum absolute atomic E-state index is 12.8. The maximum Gasteiger partial charge on any atom is 0.433 e. The molecule has 3 rings (SSSR count). The largest absolute Gasteiger partial charge is 0.433 e. The van der Waals surface area contributed by atoms with Crippen LogP contribution in [0.15, 0.2) is 18.2 Å². The molecule has 2 heterocycles. The highest BCUT2D eigenvalue weighted by Gasteiger charge is 2.37. The summed E-state index contributed by atoms with van der Waals surface area (Å²) in [5.74, 6) is 0.419. The van der Waals surface area contributed by atoms with Crippen molar-refractivity contribution in [3.8, 4) is 0 Å². The first-order valence-corrected chi connectivity index (χ1v) is 6.98. The number of fused-ring (bicyclic) bond motifs is 1. The van der Waals surface area contributed by atoms with E-state index in [4.69, 9.17) is 4.74 Å². The van der Waals surface area contributed by atoms with Crippen LogP contribution in [0.5, 0.6) is 0 Å². The molecule has 20 heavy (non-hydrogen) atoms. The molecule has 6 heteroatoms. The molecule has 0 bridgehead atoms. The average molecular weight is 286 g/mol. The fourth-order valence-corrected chi connectivity index (χ4v) is 3.12. The Hall–Kier alpha value is -1.30. The van der Waals surface area contributed by atoms with Crippen LogP contribution in [0.2, 0.25) is 0 Å². The molecule has 1 aromatic heterocycles. The van der Waals surface area contributed by atoms with Gasteiger partial charge in [0.1, 0.15) is 11.5 Å². The molecule has 0 unspecified atom stereocenters. The van der Waals surface area contributed by atoms with Gasteiger partial charge in [0.15, 0.2) is 0 Å². The van der Waals surface area contributed by atoms with Crippen LogP contribution in [0.25, 0.3) is 0 Å². The Labute approximate surface area is 115 Å². The van der Waals surface area contributed by atoms with Gasteiger partial charge < -0.3 is 9.64 Å². The van der Waals surface area contributed by atoms with Crippen LogP contribution >= 0.6 is 0 Å². The van der Waals surface area contributed by atoms with Crippen molar-refractivity contribution in [1.29, 1.82) is 0 Å². The molecule has 0 radical (unpaired) electrons. The molecule has 0 spiro atoms. The van der Waals surface area contributed by atoms with E-state index in [0.717, 1.165) is 31.7 Å². The number of alkyl halides is 3. The van der Waals surface area contributed by atoms with Crippen LogP contribution in [0.4, 0.5) is 19.0 Å². The van der Waals surface area contributed by atoms with Gasteiger partial charge in [-0.05, 0) is 37.8 Å². The number of aromatic nitrogens is 1. The summed E-state index contributed by atoms with van der Waals surface area (Å²) in [6.07, 6.45) is -0.430. The molecule has 0 amide bonds. The Bertz CT molecular complexity index is 478. The van der Waals surface area contributed by atoms with E-state index in [-0.39, 0.29) is 12.1 Å². The second kappa shape index (κ2) is 5.24. The minimum atomic E-state index is -4.40. The average Bonchev–Trinajstić information content (AvgIpc) is 2.78. The Kier molecular flexibility index (Phi) is 3.58. The van der Waals surface area contributed by atoms with Crippen LogP contribution in [0, 0.1) is 0 Å². The standard InChI is InChI=1S/C14H17F3N2O/c15-14(16,17)12-6-2-7-13(18-12)19-8-3-9-20-11-5-1-4-10(11)19/h2,6-7,10-11H,1,3-5,8-9H2/t10-,11-/m1/s1. The quantitative estimate of drug-likeness (QED) is 0.792. The fourth-order valence-electron chi connectivity index (χ4n) is 3.12. The van der Waals surface area contributed by atoms with Gasteiger partial charge in [-0.3, -0.25) is 0 Å². The predicted octanol–water partition coefficient (Wildman–Crippen LogP) is 3.25. The van der Waals surface area contributed by atoms with Crippen molar-refractivity contribution in [3.05, 3.63) is 23.9 Å². The molecule has 2 atom stereocenters. The monoisotopic (exact) mass is 286 g/mol. The van der Waals surface area contributed by atoms with E-state index in [1.165, 1.54) is 6.07 Å². The summed E-state index contributed by atoms with van der Waals surface area (Å²) < 4.78 is 44.1. The van der Waals surface area contributed by atoms with Gasteiger partial charge in [0.2, 0.25) is 0 Å². The summed E-state index contributed by atoms with van der Waals surface area (Å²) in [5, 5.41) is 0. The number of anilines is 1. The molecule has 0 N–H and O–H groups in total. The van der Waals surface area contributed by atoms with Crippen LogP contribution in [-0.2, 0) is 10.9 Å². The zero-order valence-electron chi connectivity index (χ0n) is 11.1. The fraction of sp³-hybridized carbons (Fsp3) is 0.643. The third-order valence-corrected chi connectivity index (χ3v) is 4.01. The normalized spacial score (nSPS) is 27.2. The molecule has 2 aliphatic rings. The molecule has 1 saturated heterocycles. The van der Waals surface area contributed by atoms with E-state index >= 15 is 0 Å². The van der Waals surface area contributed by atoms with Gasteiger partial charge in [-0.15, -0.1) is 0 Å². The molecule has 1 aliphatic heterocycles. The lowest BCUT2D eigenvalue weighted by atomic mass is 10.1. The summed E-state index contributed by atoms with van der Waals surface area (Å²) in [6.45, 7) is 1.38. The highest BCUT2D eigenvalue weighted by Crippen LogP contribution is 2.34. The summed E-state index contributed by atoms with van der Waals surface area (Å²) in [5.41, 5.74) is -0.824. The van der Waals surface area contributed by atoms with Gasteiger partial charge >= 0.3 is 6.18 Å². The van der Waals surface area contributed by atoms with Gasteiger partial charge in [-0.25, -0.2) is 4.98 Å². The lowest BCUT2D eigenvalue weighted by Gasteiger charge is -2.31. The predicted molar refractivity (Wildman–Crippen MR) is 68.6 cm³/mol. The van der Waals surface area contributed by atoms with Crippen molar-refractivity contribution in [2.75, 3.05) is 18.1 Å². The Morgan fingerprint density at radius 2 is 2.05 bits per heavy atom.